The van der Waals surface area contributed by atoms with E-state index in [-0.39, 0.29) is 11.9 Å². The Morgan fingerprint density at radius 3 is 2.85 bits per heavy atom. The van der Waals surface area contributed by atoms with E-state index in [0.29, 0.717) is 12.6 Å². The van der Waals surface area contributed by atoms with Crippen molar-refractivity contribution in [2.45, 2.75) is 38.3 Å². The maximum Gasteiger partial charge on any atom is 0.237 e. The lowest BCUT2D eigenvalue weighted by atomic mass is 9.92. The summed E-state index contributed by atoms with van der Waals surface area (Å²) < 4.78 is 0. The second-order valence-electron chi connectivity index (χ2n) is 3.55. The zero-order valence-corrected chi connectivity index (χ0v) is 8.18. The summed E-state index contributed by atoms with van der Waals surface area (Å²) in [6.07, 6.45) is 5.39. The summed E-state index contributed by atoms with van der Waals surface area (Å²) in [5, 5.41) is 6.04. The van der Waals surface area contributed by atoms with E-state index in [1.165, 1.54) is 19.3 Å². The highest BCUT2D eigenvalue weighted by atomic mass is 16.2. The zero-order valence-electron chi connectivity index (χ0n) is 8.18. The summed E-state index contributed by atoms with van der Waals surface area (Å²) in [6, 6.07) is 0.481. The smallest absolute Gasteiger partial charge is 0.237 e. The highest BCUT2D eigenvalue weighted by molar-refractivity contribution is 5.81. The largest absolute Gasteiger partial charge is 0.351 e. The maximum absolute atomic E-state index is 11.4. The molecule has 1 amide bonds. The molecule has 3 heteroatoms. The molecule has 1 saturated carbocycles. The quantitative estimate of drug-likeness (QED) is 0.618. The first-order chi connectivity index (χ1) is 6.24. The average Bonchev–Trinajstić information content (AvgIpc) is 2.06. The van der Waals surface area contributed by atoms with Crippen molar-refractivity contribution < 1.29 is 4.79 Å². The van der Waals surface area contributed by atoms with Crippen LogP contribution in [0.5, 0.6) is 0 Å². The van der Waals surface area contributed by atoms with Crippen molar-refractivity contribution in [3.63, 3.8) is 0 Å². The molecule has 13 heavy (non-hydrogen) atoms. The number of carbonyl (C=O) groups excluding carboxylic acids is 1. The molecule has 1 aliphatic carbocycles. The number of carbonyl (C=O) groups is 1. The van der Waals surface area contributed by atoms with Gasteiger partial charge in [0.2, 0.25) is 5.91 Å². The molecule has 1 fully saturated rings. The van der Waals surface area contributed by atoms with Crippen LogP contribution in [0.15, 0.2) is 12.7 Å². The SMILES string of the molecule is C=CCNC(=O)C(C)NC1CCC1. The van der Waals surface area contributed by atoms with Crippen molar-refractivity contribution >= 4 is 5.91 Å². The van der Waals surface area contributed by atoms with Gasteiger partial charge in [-0.1, -0.05) is 12.5 Å². The highest BCUT2D eigenvalue weighted by Crippen LogP contribution is 2.18. The van der Waals surface area contributed by atoms with Crippen LogP contribution in [0.3, 0.4) is 0 Å². The van der Waals surface area contributed by atoms with Crippen molar-refractivity contribution in [2.24, 2.45) is 0 Å². The molecule has 0 bridgehead atoms. The molecular weight excluding hydrogens is 164 g/mol. The van der Waals surface area contributed by atoms with Gasteiger partial charge >= 0.3 is 0 Å². The van der Waals surface area contributed by atoms with E-state index in [0.717, 1.165) is 0 Å². The predicted octanol–water partition coefficient (Wildman–Crippen LogP) is 0.819. The summed E-state index contributed by atoms with van der Waals surface area (Å²) in [5.74, 6) is 0.0619. The van der Waals surface area contributed by atoms with Gasteiger partial charge in [0, 0.05) is 12.6 Å². The van der Waals surface area contributed by atoms with Crippen LogP contribution in [0.1, 0.15) is 26.2 Å². The standard InChI is InChI=1S/C10H18N2O/c1-3-7-11-10(13)8(2)12-9-5-4-6-9/h3,8-9,12H,1,4-7H2,2H3,(H,11,13). The van der Waals surface area contributed by atoms with Gasteiger partial charge in [-0.3, -0.25) is 4.79 Å². The Hall–Kier alpha value is -0.830. The lowest BCUT2D eigenvalue weighted by Gasteiger charge is -2.29. The van der Waals surface area contributed by atoms with Gasteiger partial charge in [0.1, 0.15) is 0 Å². The van der Waals surface area contributed by atoms with Crippen molar-refractivity contribution in [1.29, 1.82) is 0 Å². The van der Waals surface area contributed by atoms with Gasteiger partial charge in [0.25, 0.3) is 0 Å². The van der Waals surface area contributed by atoms with Gasteiger partial charge in [0.15, 0.2) is 0 Å². The summed E-state index contributed by atoms with van der Waals surface area (Å²) in [5.41, 5.74) is 0. The van der Waals surface area contributed by atoms with Gasteiger partial charge < -0.3 is 10.6 Å². The number of hydrogen-bond acceptors (Lipinski definition) is 2. The Morgan fingerprint density at radius 1 is 1.69 bits per heavy atom. The molecule has 0 aromatic carbocycles. The van der Waals surface area contributed by atoms with Gasteiger partial charge in [-0.05, 0) is 19.8 Å². The average molecular weight is 182 g/mol. The van der Waals surface area contributed by atoms with Gasteiger partial charge in [-0.25, -0.2) is 0 Å². The molecule has 0 radical (unpaired) electrons. The van der Waals surface area contributed by atoms with Gasteiger partial charge in [-0.2, -0.15) is 0 Å². The Kier molecular flexibility index (Phi) is 3.96. The minimum absolute atomic E-state index is 0.0619. The van der Waals surface area contributed by atoms with E-state index in [2.05, 4.69) is 17.2 Å². The Bertz CT molecular complexity index is 187. The molecule has 0 aromatic heterocycles. The molecule has 0 heterocycles. The summed E-state index contributed by atoms with van der Waals surface area (Å²) in [4.78, 5) is 11.4. The third-order valence-corrected chi connectivity index (χ3v) is 2.40. The van der Waals surface area contributed by atoms with Crippen molar-refractivity contribution in [3.8, 4) is 0 Å². The molecule has 2 N–H and O–H groups in total. The molecule has 0 saturated heterocycles. The van der Waals surface area contributed by atoms with E-state index in [9.17, 15) is 4.79 Å². The van der Waals surface area contributed by atoms with E-state index in [1.54, 1.807) is 6.08 Å². The van der Waals surface area contributed by atoms with E-state index in [4.69, 9.17) is 0 Å². The fraction of sp³-hybridized carbons (Fsp3) is 0.700. The van der Waals surface area contributed by atoms with Crippen LogP contribution in [0.25, 0.3) is 0 Å². The number of nitrogens with one attached hydrogen (secondary N) is 2. The first-order valence-corrected chi connectivity index (χ1v) is 4.88. The highest BCUT2D eigenvalue weighted by Gasteiger charge is 2.21. The lowest BCUT2D eigenvalue weighted by Crippen LogP contribution is -2.48. The van der Waals surface area contributed by atoms with Crippen LogP contribution in [0.4, 0.5) is 0 Å². The fourth-order valence-electron chi connectivity index (χ4n) is 1.33. The lowest BCUT2D eigenvalue weighted by molar-refractivity contribution is -0.122. The van der Waals surface area contributed by atoms with Gasteiger partial charge in [0.05, 0.1) is 6.04 Å². The predicted molar refractivity (Wildman–Crippen MR) is 53.4 cm³/mol. The maximum atomic E-state index is 11.4. The fourth-order valence-corrected chi connectivity index (χ4v) is 1.33. The van der Waals surface area contributed by atoms with E-state index >= 15 is 0 Å². The summed E-state index contributed by atoms with van der Waals surface area (Å²) in [7, 11) is 0. The molecule has 0 aromatic rings. The number of rotatable bonds is 5. The molecule has 1 rings (SSSR count). The Balaban J connectivity index is 2.16. The first-order valence-electron chi connectivity index (χ1n) is 4.88. The van der Waals surface area contributed by atoms with Crippen LogP contribution in [-0.2, 0) is 4.79 Å². The third kappa shape index (κ3) is 3.19. The second-order valence-corrected chi connectivity index (χ2v) is 3.55. The van der Waals surface area contributed by atoms with Crippen LogP contribution in [0, 0.1) is 0 Å². The molecule has 0 spiro atoms. The van der Waals surface area contributed by atoms with E-state index in [1.807, 2.05) is 6.92 Å². The number of amides is 1. The topological polar surface area (TPSA) is 41.1 Å². The van der Waals surface area contributed by atoms with E-state index < -0.39 is 0 Å². The normalized spacial score (nSPS) is 18.8. The molecule has 1 unspecified atom stereocenters. The van der Waals surface area contributed by atoms with Crippen molar-refractivity contribution in [3.05, 3.63) is 12.7 Å². The van der Waals surface area contributed by atoms with Crippen LogP contribution >= 0.6 is 0 Å². The Morgan fingerprint density at radius 2 is 2.38 bits per heavy atom. The second kappa shape index (κ2) is 5.02. The number of hydrogen-bond donors (Lipinski definition) is 2. The Labute approximate surface area is 79.6 Å². The summed E-state index contributed by atoms with van der Waals surface area (Å²) >= 11 is 0. The molecule has 1 aliphatic rings. The molecule has 1 atom stereocenters. The van der Waals surface area contributed by atoms with Crippen LogP contribution in [0.2, 0.25) is 0 Å². The molecule has 74 valence electrons. The van der Waals surface area contributed by atoms with Crippen LogP contribution < -0.4 is 10.6 Å². The summed E-state index contributed by atoms with van der Waals surface area (Å²) in [6.45, 7) is 6.00. The molecule has 0 aliphatic heterocycles. The molecular formula is C10H18N2O. The van der Waals surface area contributed by atoms with Crippen molar-refractivity contribution in [2.75, 3.05) is 6.54 Å². The molecule has 3 nitrogen and oxygen atoms in total. The van der Waals surface area contributed by atoms with Gasteiger partial charge in [-0.15, -0.1) is 6.58 Å². The van der Waals surface area contributed by atoms with Crippen molar-refractivity contribution in [1.82, 2.24) is 10.6 Å². The third-order valence-electron chi connectivity index (χ3n) is 2.40. The minimum Gasteiger partial charge on any atom is -0.351 e. The minimum atomic E-state index is -0.0785. The van der Waals surface area contributed by atoms with Crippen LogP contribution in [-0.4, -0.2) is 24.5 Å². The monoisotopic (exact) mass is 182 g/mol. The zero-order chi connectivity index (χ0) is 9.68. The first kappa shape index (κ1) is 10.3.